The molecule has 1 atom stereocenters. The molecule has 178 valence electrons. The number of nitrogens with zero attached hydrogens (tertiary/aromatic N) is 4. The summed E-state index contributed by atoms with van der Waals surface area (Å²) in [6.45, 7) is 0.223. The average molecular weight is 495 g/mol. The lowest BCUT2D eigenvalue weighted by atomic mass is 10.1. The van der Waals surface area contributed by atoms with E-state index < -0.39 is 34.6 Å². The van der Waals surface area contributed by atoms with Gasteiger partial charge in [-0.15, -0.1) is 0 Å². The van der Waals surface area contributed by atoms with Gasteiger partial charge >= 0.3 is 6.18 Å². The van der Waals surface area contributed by atoms with E-state index in [-0.39, 0.29) is 41.6 Å². The van der Waals surface area contributed by atoms with E-state index >= 15 is 0 Å². The van der Waals surface area contributed by atoms with Crippen LogP contribution in [-0.2, 0) is 10.9 Å². The average Bonchev–Trinajstić information content (AvgIpc) is 3.19. The van der Waals surface area contributed by atoms with E-state index in [2.05, 4.69) is 15.4 Å². The molecule has 3 heterocycles. The third kappa shape index (κ3) is 4.41. The number of nitrogen functional groups attached to an aromatic ring is 1. The van der Waals surface area contributed by atoms with E-state index in [1.54, 1.807) is 0 Å². The van der Waals surface area contributed by atoms with E-state index in [9.17, 15) is 22.8 Å². The maximum absolute atomic E-state index is 13.4. The number of methoxy groups -OCH3 is 1. The van der Waals surface area contributed by atoms with Gasteiger partial charge in [-0.25, -0.2) is 4.98 Å². The number of amides is 2. The summed E-state index contributed by atoms with van der Waals surface area (Å²) < 4.78 is 46.0. The fraction of sp³-hybridized carbons (Fsp3) is 0.238. The van der Waals surface area contributed by atoms with Crippen molar-refractivity contribution in [1.82, 2.24) is 14.8 Å². The third-order valence-electron chi connectivity index (χ3n) is 5.21. The summed E-state index contributed by atoms with van der Waals surface area (Å²) in [5.74, 6) is -0.886. The molecule has 0 saturated carbocycles. The highest BCUT2D eigenvalue weighted by molar-refractivity contribution is 6.31. The highest BCUT2D eigenvalue weighted by Gasteiger charge is 2.37. The van der Waals surface area contributed by atoms with Gasteiger partial charge in [-0.1, -0.05) is 11.6 Å². The zero-order chi connectivity index (χ0) is 24.6. The molecule has 0 fully saturated rings. The number of aromatic nitrogens is 3. The first-order chi connectivity index (χ1) is 16.1. The van der Waals surface area contributed by atoms with Crippen molar-refractivity contribution in [3.05, 3.63) is 64.6 Å². The molecule has 3 N–H and O–H groups in total. The van der Waals surface area contributed by atoms with Crippen LogP contribution in [0.5, 0.6) is 0 Å². The van der Waals surface area contributed by atoms with E-state index in [1.807, 2.05) is 0 Å². The number of alkyl halides is 3. The van der Waals surface area contributed by atoms with E-state index in [0.717, 1.165) is 12.1 Å². The Balaban J connectivity index is 1.69. The van der Waals surface area contributed by atoms with Gasteiger partial charge in [0.25, 0.3) is 11.8 Å². The summed E-state index contributed by atoms with van der Waals surface area (Å²) >= 11 is 5.86. The number of nitrogens with two attached hydrogens (primary N) is 1. The SMILES string of the molecule is COC[C@@H]1CN(c2ccc(C(F)(F)F)c(Cl)c2)C(=O)c2c(NC(=O)c3ccc(N)nc3)cnn21. The monoisotopic (exact) mass is 494 g/mol. The fourth-order valence-electron chi connectivity index (χ4n) is 3.62. The van der Waals surface area contributed by atoms with Crippen molar-refractivity contribution in [3.63, 3.8) is 0 Å². The van der Waals surface area contributed by atoms with Gasteiger partial charge in [0.1, 0.15) is 5.82 Å². The summed E-state index contributed by atoms with van der Waals surface area (Å²) in [5, 5.41) is 6.31. The molecule has 13 heteroatoms. The molecular weight excluding hydrogens is 477 g/mol. The van der Waals surface area contributed by atoms with Crippen LogP contribution in [0.2, 0.25) is 5.02 Å². The summed E-state index contributed by atoms with van der Waals surface area (Å²) in [6, 6.07) is 5.52. The number of benzene rings is 1. The fourth-order valence-corrected chi connectivity index (χ4v) is 3.90. The summed E-state index contributed by atoms with van der Waals surface area (Å²) in [6.07, 6.45) is -2.03. The van der Waals surface area contributed by atoms with Crippen LogP contribution in [0.4, 0.5) is 30.4 Å². The second-order valence-corrected chi connectivity index (χ2v) is 7.87. The molecule has 34 heavy (non-hydrogen) atoms. The molecule has 9 nitrogen and oxygen atoms in total. The van der Waals surface area contributed by atoms with Crippen LogP contribution in [0.15, 0.2) is 42.7 Å². The van der Waals surface area contributed by atoms with Gasteiger partial charge in [0.05, 0.1) is 47.2 Å². The van der Waals surface area contributed by atoms with Gasteiger partial charge in [0, 0.05) is 19.0 Å². The van der Waals surface area contributed by atoms with Crippen LogP contribution >= 0.6 is 11.6 Å². The molecule has 3 aromatic rings. The lowest BCUT2D eigenvalue weighted by Gasteiger charge is -2.34. The van der Waals surface area contributed by atoms with Gasteiger partial charge in [0.2, 0.25) is 0 Å². The molecule has 0 spiro atoms. The molecule has 0 saturated heterocycles. The first kappa shape index (κ1) is 23.5. The van der Waals surface area contributed by atoms with Crippen molar-refractivity contribution in [2.75, 3.05) is 36.2 Å². The Hall–Kier alpha value is -3.64. The highest BCUT2D eigenvalue weighted by atomic mass is 35.5. The lowest BCUT2D eigenvalue weighted by molar-refractivity contribution is -0.137. The van der Waals surface area contributed by atoms with Crippen LogP contribution in [0.1, 0.15) is 32.5 Å². The van der Waals surface area contributed by atoms with Crippen molar-refractivity contribution in [2.24, 2.45) is 0 Å². The number of hydrogen-bond acceptors (Lipinski definition) is 6. The zero-order valence-corrected chi connectivity index (χ0v) is 18.4. The topological polar surface area (TPSA) is 115 Å². The van der Waals surface area contributed by atoms with Crippen molar-refractivity contribution in [2.45, 2.75) is 12.2 Å². The summed E-state index contributed by atoms with van der Waals surface area (Å²) in [4.78, 5) is 31.2. The number of rotatable bonds is 5. The van der Waals surface area contributed by atoms with Crippen molar-refractivity contribution in [3.8, 4) is 0 Å². The molecular formula is C21H18ClF3N6O3. The number of carbonyl (C=O) groups is 2. The number of hydrogen-bond donors (Lipinski definition) is 2. The van der Waals surface area contributed by atoms with Crippen molar-refractivity contribution < 1.29 is 27.5 Å². The molecule has 4 rings (SSSR count). The molecule has 0 bridgehead atoms. The molecule has 2 aromatic heterocycles. The van der Waals surface area contributed by atoms with Gasteiger partial charge in [-0.05, 0) is 30.3 Å². The first-order valence-corrected chi connectivity index (χ1v) is 10.3. The Kier molecular flexibility index (Phi) is 6.19. The Bertz CT molecular complexity index is 1250. The number of ether oxygens (including phenoxy) is 1. The smallest absolute Gasteiger partial charge is 0.384 e. The molecule has 2 amide bonds. The second-order valence-electron chi connectivity index (χ2n) is 7.46. The number of pyridine rings is 1. The number of anilines is 3. The van der Waals surface area contributed by atoms with Gasteiger partial charge in [-0.3, -0.25) is 14.3 Å². The molecule has 0 radical (unpaired) electrons. The van der Waals surface area contributed by atoms with Crippen LogP contribution in [0, 0.1) is 0 Å². The summed E-state index contributed by atoms with van der Waals surface area (Å²) in [7, 11) is 1.47. The number of fused-ring (bicyclic) bond motifs is 1. The van der Waals surface area contributed by atoms with E-state index in [4.69, 9.17) is 22.1 Å². The predicted molar refractivity (Wildman–Crippen MR) is 118 cm³/mol. The normalized spacial score (nSPS) is 15.9. The third-order valence-corrected chi connectivity index (χ3v) is 5.52. The minimum absolute atomic E-state index is 0.0427. The van der Waals surface area contributed by atoms with Crippen molar-refractivity contribution >= 4 is 40.6 Å². The Morgan fingerprint density at radius 2 is 2.06 bits per heavy atom. The molecule has 1 aromatic carbocycles. The minimum Gasteiger partial charge on any atom is -0.384 e. The Morgan fingerprint density at radius 3 is 2.68 bits per heavy atom. The predicted octanol–water partition coefficient (Wildman–Crippen LogP) is 3.63. The summed E-state index contributed by atoms with van der Waals surface area (Å²) in [5.41, 5.74) is 5.06. The van der Waals surface area contributed by atoms with Gasteiger partial charge in [0.15, 0.2) is 5.69 Å². The first-order valence-electron chi connectivity index (χ1n) is 9.88. The largest absolute Gasteiger partial charge is 0.417 e. The zero-order valence-electron chi connectivity index (χ0n) is 17.6. The second kappa shape index (κ2) is 8.95. The number of halogens is 4. The van der Waals surface area contributed by atoms with Crippen molar-refractivity contribution in [1.29, 1.82) is 0 Å². The molecule has 0 aliphatic carbocycles. The highest BCUT2D eigenvalue weighted by Crippen LogP contribution is 2.38. The van der Waals surface area contributed by atoms with Crippen LogP contribution in [0.3, 0.4) is 0 Å². The lowest BCUT2D eigenvalue weighted by Crippen LogP contribution is -2.45. The minimum atomic E-state index is -4.63. The van der Waals surface area contributed by atoms with E-state index in [0.29, 0.717) is 0 Å². The van der Waals surface area contributed by atoms with Crippen LogP contribution in [-0.4, -0.2) is 46.8 Å². The Morgan fingerprint density at radius 1 is 1.29 bits per heavy atom. The van der Waals surface area contributed by atoms with E-state index in [1.165, 1.54) is 47.3 Å². The molecule has 0 unspecified atom stereocenters. The van der Waals surface area contributed by atoms with Gasteiger partial charge in [-0.2, -0.15) is 18.3 Å². The maximum atomic E-state index is 13.4. The van der Waals surface area contributed by atoms with Crippen LogP contribution < -0.4 is 16.0 Å². The standard InChI is InChI=1S/C21H18ClF3N6O3/c1-34-10-13-9-30(12-3-4-14(15(22)6-12)21(23,24)25)20(33)18-16(8-28-31(13)18)29-19(32)11-2-5-17(26)27-7-11/h2-8,13H,9-10H2,1H3,(H2,26,27)(H,29,32)/t13-/m0/s1. The maximum Gasteiger partial charge on any atom is 0.417 e. The quantitative estimate of drug-likeness (QED) is 0.559. The molecule has 1 aliphatic heterocycles. The Labute approximate surface area is 196 Å². The van der Waals surface area contributed by atoms with Gasteiger partial charge < -0.3 is 20.7 Å². The number of carbonyl (C=O) groups excluding carboxylic acids is 2. The van der Waals surface area contributed by atoms with Crippen LogP contribution in [0.25, 0.3) is 0 Å². The molecule has 1 aliphatic rings. The number of nitrogens with one attached hydrogen (secondary N) is 1.